The van der Waals surface area contributed by atoms with Gasteiger partial charge in [0.15, 0.2) is 5.13 Å². The highest BCUT2D eigenvalue weighted by Crippen LogP contribution is 2.34. The molecule has 1 fully saturated rings. The van der Waals surface area contributed by atoms with Crippen molar-refractivity contribution in [2.24, 2.45) is 5.92 Å². The maximum atomic E-state index is 14.4. The summed E-state index contributed by atoms with van der Waals surface area (Å²) in [5.41, 5.74) is 1.12. The highest BCUT2D eigenvalue weighted by Gasteiger charge is 2.36. The van der Waals surface area contributed by atoms with Gasteiger partial charge in [0.25, 0.3) is 0 Å². The van der Waals surface area contributed by atoms with E-state index in [0.29, 0.717) is 34.2 Å². The summed E-state index contributed by atoms with van der Waals surface area (Å²) in [6.45, 7) is 0.648. The van der Waals surface area contributed by atoms with E-state index >= 15 is 0 Å². The largest absolute Gasteiger partial charge is 0.283 e. The number of sulfonamides is 1. The molecule has 186 valence electrons. The van der Waals surface area contributed by atoms with Crippen molar-refractivity contribution in [2.45, 2.75) is 24.3 Å². The first-order valence-electron chi connectivity index (χ1n) is 11.5. The standard InChI is InChI=1S/C26H23ClFN3O3S2/c27-20-11-13-21(14-12-20)36(33,34)30-15-5-8-19(17-30)25(32)31(16-18-6-2-1-3-7-18)26-29-24-22(28)9-4-10-23(24)35-26/h1-4,6-7,9-14,19H,5,8,15-17H2. The summed E-state index contributed by atoms with van der Waals surface area (Å²) in [4.78, 5) is 20.0. The van der Waals surface area contributed by atoms with Crippen molar-refractivity contribution in [1.29, 1.82) is 0 Å². The third kappa shape index (κ3) is 5.01. The normalized spacial score (nSPS) is 16.8. The number of carbonyl (C=O) groups is 1. The molecule has 1 aromatic heterocycles. The fourth-order valence-corrected chi connectivity index (χ4v) is 7.00. The van der Waals surface area contributed by atoms with Crippen LogP contribution in [0.2, 0.25) is 5.02 Å². The Morgan fingerprint density at radius 2 is 1.83 bits per heavy atom. The molecule has 1 aliphatic rings. The van der Waals surface area contributed by atoms with E-state index in [1.54, 1.807) is 17.0 Å². The van der Waals surface area contributed by atoms with Crippen LogP contribution in [0.15, 0.2) is 77.7 Å². The Kier molecular flexibility index (Phi) is 7.07. The fraction of sp³-hybridized carbons (Fsp3) is 0.231. The van der Waals surface area contributed by atoms with E-state index in [1.807, 2.05) is 30.3 Å². The molecule has 1 aliphatic heterocycles. The zero-order valence-electron chi connectivity index (χ0n) is 19.2. The van der Waals surface area contributed by atoms with E-state index in [4.69, 9.17) is 11.6 Å². The highest BCUT2D eigenvalue weighted by atomic mass is 35.5. The van der Waals surface area contributed by atoms with Crippen molar-refractivity contribution in [1.82, 2.24) is 9.29 Å². The van der Waals surface area contributed by atoms with E-state index in [9.17, 15) is 17.6 Å². The molecule has 1 amide bonds. The first-order valence-corrected chi connectivity index (χ1v) is 14.1. The number of aromatic nitrogens is 1. The Bertz CT molecular complexity index is 1490. The van der Waals surface area contributed by atoms with Crippen LogP contribution < -0.4 is 4.90 Å². The number of fused-ring (bicyclic) bond motifs is 1. The first kappa shape index (κ1) is 24.8. The van der Waals surface area contributed by atoms with Gasteiger partial charge in [-0.15, -0.1) is 0 Å². The van der Waals surface area contributed by atoms with E-state index in [-0.39, 0.29) is 29.4 Å². The van der Waals surface area contributed by atoms with Crippen LogP contribution in [0.25, 0.3) is 10.2 Å². The van der Waals surface area contributed by atoms with E-state index in [1.165, 1.54) is 46.0 Å². The lowest BCUT2D eigenvalue weighted by Gasteiger charge is -2.33. The van der Waals surface area contributed by atoms with Gasteiger partial charge in [-0.3, -0.25) is 9.69 Å². The lowest BCUT2D eigenvalue weighted by atomic mass is 9.98. The second kappa shape index (κ2) is 10.3. The molecule has 0 N–H and O–H groups in total. The van der Waals surface area contributed by atoms with Gasteiger partial charge < -0.3 is 0 Å². The van der Waals surface area contributed by atoms with Crippen LogP contribution in [0.4, 0.5) is 9.52 Å². The van der Waals surface area contributed by atoms with Crippen LogP contribution in [0, 0.1) is 11.7 Å². The molecule has 1 atom stereocenters. The molecule has 0 radical (unpaired) electrons. The Labute approximate surface area is 218 Å². The van der Waals surface area contributed by atoms with Gasteiger partial charge >= 0.3 is 0 Å². The summed E-state index contributed by atoms with van der Waals surface area (Å²) < 4.78 is 42.9. The molecule has 10 heteroatoms. The molecule has 3 aromatic carbocycles. The molecule has 1 saturated heterocycles. The smallest absolute Gasteiger partial charge is 0.243 e. The lowest BCUT2D eigenvalue weighted by molar-refractivity contribution is -0.123. The van der Waals surface area contributed by atoms with Gasteiger partial charge in [-0.25, -0.2) is 17.8 Å². The van der Waals surface area contributed by atoms with Crippen molar-refractivity contribution in [3.63, 3.8) is 0 Å². The summed E-state index contributed by atoms with van der Waals surface area (Å²) in [5.74, 6) is -1.23. The van der Waals surface area contributed by atoms with Gasteiger partial charge in [-0.2, -0.15) is 4.31 Å². The molecule has 4 aromatic rings. The Morgan fingerprint density at radius 3 is 2.56 bits per heavy atom. The number of benzene rings is 3. The molecule has 2 heterocycles. The van der Waals surface area contributed by atoms with Crippen molar-refractivity contribution in [3.8, 4) is 0 Å². The van der Waals surface area contributed by atoms with Crippen molar-refractivity contribution >= 4 is 54.2 Å². The summed E-state index contributed by atoms with van der Waals surface area (Å²) in [5, 5.41) is 0.839. The molecule has 0 aliphatic carbocycles. The second-order valence-corrected chi connectivity index (χ2v) is 12.0. The molecule has 36 heavy (non-hydrogen) atoms. The zero-order chi connectivity index (χ0) is 25.3. The third-order valence-corrected chi connectivity index (χ3v) is 9.40. The third-order valence-electron chi connectivity index (χ3n) is 6.22. The molecular weight excluding hydrogens is 521 g/mol. The van der Waals surface area contributed by atoms with Gasteiger partial charge in [0.2, 0.25) is 15.9 Å². The topological polar surface area (TPSA) is 70.6 Å². The minimum absolute atomic E-state index is 0.0638. The van der Waals surface area contributed by atoms with Crippen LogP contribution in [-0.4, -0.2) is 36.7 Å². The summed E-state index contributed by atoms with van der Waals surface area (Å²) >= 11 is 7.17. The summed E-state index contributed by atoms with van der Waals surface area (Å²) in [7, 11) is -3.78. The quantitative estimate of drug-likeness (QED) is 0.312. The van der Waals surface area contributed by atoms with Crippen molar-refractivity contribution in [3.05, 3.63) is 89.2 Å². The van der Waals surface area contributed by atoms with Crippen LogP contribution in [0.1, 0.15) is 18.4 Å². The number of para-hydroxylation sites is 1. The molecule has 1 unspecified atom stereocenters. The minimum atomic E-state index is -3.78. The van der Waals surface area contributed by atoms with Crippen LogP contribution >= 0.6 is 22.9 Å². The summed E-state index contributed by atoms with van der Waals surface area (Å²) in [6.07, 6.45) is 1.10. The maximum absolute atomic E-state index is 14.4. The molecule has 5 rings (SSSR count). The molecule has 6 nitrogen and oxygen atoms in total. The molecule has 0 saturated carbocycles. The van der Waals surface area contributed by atoms with E-state index in [2.05, 4.69) is 4.98 Å². The monoisotopic (exact) mass is 543 g/mol. The van der Waals surface area contributed by atoms with Crippen LogP contribution in [0.5, 0.6) is 0 Å². The SMILES string of the molecule is O=C(C1CCCN(S(=O)(=O)c2ccc(Cl)cc2)C1)N(Cc1ccccc1)c1nc2c(F)cccc2s1. The van der Waals surface area contributed by atoms with Gasteiger partial charge in [-0.05, 0) is 54.8 Å². The van der Waals surface area contributed by atoms with Crippen molar-refractivity contribution < 1.29 is 17.6 Å². The predicted octanol–water partition coefficient (Wildman–Crippen LogP) is 5.72. The number of carbonyl (C=O) groups excluding carboxylic acids is 1. The van der Waals surface area contributed by atoms with Gasteiger partial charge in [0.1, 0.15) is 11.3 Å². The van der Waals surface area contributed by atoms with Gasteiger partial charge in [0.05, 0.1) is 22.1 Å². The van der Waals surface area contributed by atoms with Gasteiger partial charge in [0, 0.05) is 18.1 Å². The average Bonchev–Trinajstić information content (AvgIpc) is 3.33. The fourth-order valence-electron chi connectivity index (χ4n) is 4.36. The van der Waals surface area contributed by atoms with Gasteiger partial charge in [-0.1, -0.05) is 59.3 Å². The second-order valence-electron chi connectivity index (χ2n) is 8.65. The number of piperidine rings is 1. The predicted molar refractivity (Wildman–Crippen MR) is 140 cm³/mol. The zero-order valence-corrected chi connectivity index (χ0v) is 21.6. The molecule has 0 bridgehead atoms. The summed E-state index contributed by atoms with van der Waals surface area (Å²) in [6, 6.07) is 20.2. The van der Waals surface area contributed by atoms with E-state index in [0.717, 1.165) is 5.56 Å². The number of anilines is 1. The average molecular weight is 544 g/mol. The van der Waals surface area contributed by atoms with Crippen molar-refractivity contribution in [2.75, 3.05) is 18.0 Å². The number of amides is 1. The number of halogens is 2. The molecule has 0 spiro atoms. The lowest BCUT2D eigenvalue weighted by Crippen LogP contribution is -2.46. The highest BCUT2D eigenvalue weighted by molar-refractivity contribution is 7.89. The molecular formula is C26H23ClFN3O3S2. The van der Waals surface area contributed by atoms with E-state index < -0.39 is 21.8 Å². The van der Waals surface area contributed by atoms with Crippen LogP contribution in [-0.2, 0) is 21.4 Å². The number of hydrogen-bond donors (Lipinski definition) is 0. The maximum Gasteiger partial charge on any atom is 0.243 e. The Morgan fingerprint density at radius 1 is 1.08 bits per heavy atom. The minimum Gasteiger partial charge on any atom is -0.283 e. The first-order chi connectivity index (χ1) is 17.3. The van der Waals surface area contributed by atoms with Crippen LogP contribution in [0.3, 0.4) is 0 Å². The number of nitrogens with zero attached hydrogens (tertiary/aromatic N) is 3. The Hall–Kier alpha value is -2.85. The Balaban J connectivity index is 1.45. The number of thiazole rings is 1. The number of hydrogen-bond acceptors (Lipinski definition) is 5. The number of rotatable bonds is 6.